The van der Waals surface area contributed by atoms with E-state index in [-0.39, 0.29) is 5.91 Å². The Morgan fingerprint density at radius 2 is 2.00 bits per heavy atom. The van der Waals surface area contributed by atoms with Gasteiger partial charge in [-0.05, 0) is 67.1 Å². The van der Waals surface area contributed by atoms with E-state index in [0.717, 1.165) is 45.0 Å². The largest absolute Gasteiger partial charge is 0.321 e. The second-order valence-electron chi connectivity index (χ2n) is 7.46. The minimum atomic E-state index is -0.0761. The number of amides is 1. The van der Waals surface area contributed by atoms with Crippen LogP contribution in [0.1, 0.15) is 38.5 Å². The van der Waals surface area contributed by atoms with Gasteiger partial charge in [0.25, 0.3) is 5.91 Å². The van der Waals surface area contributed by atoms with Crippen LogP contribution in [0.4, 0.5) is 5.69 Å². The van der Waals surface area contributed by atoms with Crippen LogP contribution in [0, 0.1) is 6.92 Å². The third-order valence-corrected chi connectivity index (χ3v) is 6.98. The van der Waals surface area contributed by atoms with E-state index >= 15 is 0 Å². The second-order valence-corrected chi connectivity index (χ2v) is 8.89. The second kappa shape index (κ2) is 7.32. The van der Waals surface area contributed by atoms with E-state index in [0.29, 0.717) is 11.4 Å². The number of benzene rings is 2. The normalized spacial score (nSPS) is 13.0. The SMILES string of the molecule is Cc1nn(Cc2ccccc2Cl)c2sc(C(=O)Nc3ccc4c(c3)CCC4)cc12. The van der Waals surface area contributed by atoms with Crippen LogP contribution in [-0.4, -0.2) is 15.7 Å². The maximum Gasteiger partial charge on any atom is 0.265 e. The molecule has 0 aliphatic heterocycles. The van der Waals surface area contributed by atoms with Crippen molar-refractivity contribution in [2.45, 2.75) is 32.7 Å². The molecule has 0 fully saturated rings. The monoisotopic (exact) mass is 421 g/mol. The summed E-state index contributed by atoms with van der Waals surface area (Å²) in [6.07, 6.45) is 3.43. The molecule has 1 aliphatic rings. The van der Waals surface area contributed by atoms with E-state index < -0.39 is 0 Å². The van der Waals surface area contributed by atoms with Crippen molar-refractivity contribution < 1.29 is 4.79 Å². The Kier molecular flexibility index (Phi) is 4.64. The predicted octanol–water partition coefficient (Wildman–Crippen LogP) is 5.85. The Bertz CT molecular complexity index is 1240. The van der Waals surface area contributed by atoms with Crippen molar-refractivity contribution in [3.8, 4) is 0 Å². The van der Waals surface area contributed by atoms with E-state index in [4.69, 9.17) is 11.6 Å². The fourth-order valence-electron chi connectivity index (χ4n) is 3.96. The summed E-state index contributed by atoms with van der Waals surface area (Å²) in [7, 11) is 0. The molecular formula is C23H20ClN3OS. The Morgan fingerprint density at radius 3 is 2.86 bits per heavy atom. The number of aryl methyl sites for hydroxylation is 3. The summed E-state index contributed by atoms with van der Waals surface area (Å²) in [5.74, 6) is -0.0761. The average molecular weight is 422 g/mol. The van der Waals surface area contributed by atoms with E-state index in [9.17, 15) is 4.79 Å². The molecule has 2 aromatic heterocycles. The molecule has 1 N–H and O–H groups in total. The fourth-order valence-corrected chi connectivity index (χ4v) is 5.21. The molecule has 0 bridgehead atoms. The molecule has 4 nitrogen and oxygen atoms in total. The molecule has 0 saturated carbocycles. The molecule has 0 atom stereocenters. The molecule has 0 unspecified atom stereocenters. The first-order valence-corrected chi connectivity index (χ1v) is 10.9. The van der Waals surface area contributed by atoms with Crippen LogP contribution in [0.15, 0.2) is 48.5 Å². The summed E-state index contributed by atoms with van der Waals surface area (Å²) in [6, 6.07) is 16.0. The number of halogens is 1. The lowest BCUT2D eigenvalue weighted by Crippen LogP contribution is -2.10. The van der Waals surface area contributed by atoms with Gasteiger partial charge in [0, 0.05) is 16.1 Å². The molecule has 6 heteroatoms. The van der Waals surface area contributed by atoms with Gasteiger partial charge in [-0.3, -0.25) is 9.48 Å². The number of carbonyl (C=O) groups is 1. The first-order chi connectivity index (χ1) is 14.1. The molecule has 2 aromatic carbocycles. The van der Waals surface area contributed by atoms with Gasteiger partial charge >= 0.3 is 0 Å². The molecule has 5 rings (SSSR count). The number of hydrogen-bond donors (Lipinski definition) is 1. The number of aromatic nitrogens is 2. The number of anilines is 1. The van der Waals surface area contributed by atoms with Crippen molar-refractivity contribution in [2.24, 2.45) is 0 Å². The Balaban J connectivity index is 1.42. The lowest BCUT2D eigenvalue weighted by atomic mass is 10.1. The van der Waals surface area contributed by atoms with Crippen LogP contribution in [0.3, 0.4) is 0 Å². The number of hydrogen-bond acceptors (Lipinski definition) is 3. The summed E-state index contributed by atoms with van der Waals surface area (Å²) in [6.45, 7) is 2.55. The third-order valence-electron chi connectivity index (χ3n) is 5.47. The zero-order chi connectivity index (χ0) is 20.0. The van der Waals surface area contributed by atoms with Crippen LogP contribution in [0.5, 0.6) is 0 Å². The van der Waals surface area contributed by atoms with Gasteiger partial charge in [0.2, 0.25) is 0 Å². The lowest BCUT2D eigenvalue weighted by molar-refractivity contribution is 0.103. The van der Waals surface area contributed by atoms with Crippen molar-refractivity contribution in [3.63, 3.8) is 0 Å². The molecule has 2 heterocycles. The van der Waals surface area contributed by atoms with Gasteiger partial charge in [-0.1, -0.05) is 35.9 Å². The van der Waals surface area contributed by atoms with Crippen LogP contribution < -0.4 is 5.32 Å². The van der Waals surface area contributed by atoms with Crippen LogP contribution in [0.2, 0.25) is 5.02 Å². The van der Waals surface area contributed by atoms with E-state index in [1.165, 1.54) is 28.9 Å². The van der Waals surface area contributed by atoms with Gasteiger partial charge in [-0.15, -0.1) is 11.3 Å². The number of thiophene rings is 1. The quantitative estimate of drug-likeness (QED) is 0.449. The zero-order valence-corrected chi connectivity index (χ0v) is 17.6. The average Bonchev–Trinajstić information content (AvgIpc) is 3.41. The van der Waals surface area contributed by atoms with Gasteiger partial charge in [0.1, 0.15) is 4.83 Å². The van der Waals surface area contributed by atoms with Crippen molar-refractivity contribution in [1.29, 1.82) is 0 Å². The van der Waals surface area contributed by atoms with Crippen molar-refractivity contribution in [1.82, 2.24) is 9.78 Å². The molecule has 29 heavy (non-hydrogen) atoms. The molecule has 1 aliphatic carbocycles. The van der Waals surface area contributed by atoms with Crippen LogP contribution in [-0.2, 0) is 19.4 Å². The van der Waals surface area contributed by atoms with Crippen LogP contribution in [0.25, 0.3) is 10.2 Å². The van der Waals surface area contributed by atoms with Crippen LogP contribution >= 0.6 is 22.9 Å². The topological polar surface area (TPSA) is 46.9 Å². The summed E-state index contributed by atoms with van der Waals surface area (Å²) >= 11 is 7.78. The number of nitrogens with one attached hydrogen (secondary N) is 1. The van der Waals surface area contributed by atoms with Gasteiger partial charge in [-0.25, -0.2) is 0 Å². The molecule has 146 valence electrons. The zero-order valence-electron chi connectivity index (χ0n) is 16.0. The highest BCUT2D eigenvalue weighted by atomic mass is 35.5. The number of carbonyl (C=O) groups excluding carboxylic acids is 1. The molecule has 0 radical (unpaired) electrons. The highest BCUT2D eigenvalue weighted by molar-refractivity contribution is 7.20. The highest BCUT2D eigenvalue weighted by Crippen LogP contribution is 2.31. The van der Waals surface area contributed by atoms with E-state index in [2.05, 4.69) is 22.5 Å². The molecule has 4 aromatic rings. The molecule has 1 amide bonds. The van der Waals surface area contributed by atoms with E-state index in [1.54, 1.807) is 0 Å². The first kappa shape index (κ1) is 18.4. The Hall–Kier alpha value is -2.63. The summed E-state index contributed by atoms with van der Waals surface area (Å²) in [5.41, 5.74) is 5.55. The maximum absolute atomic E-state index is 12.9. The summed E-state index contributed by atoms with van der Waals surface area (Å²) < 4.78 is 1.93. The molecule has 0 saturated heterocycles. The first-order valence-electron chi connectivity index (χ1n) is 9.72. The number of nitrogens with zero attached hydrogens (tertiary/aromatic N) is 2. The highest BCUT2D eigenvalue weighted by Gasteiger charge is 2.18. The van der Waals surface area contributed by atoms with Crippen molar-refractivity contribution >= 4 is 44.7 Å². The smallest absolute Gasteiger partial charge is 0.265 e. The van der Waals surface area contributed by atoms with Crippen molar-refractivity contribution in [2.75, 3.05) is 5.32 Å². The maximum atomic E-state index is 12.9. The minimum Gasteiger partial charge on any atom is -0.321 e. The van der Waals surface area contributed by atoms with Crippen molar-refractivity contribution in [3.05, 3.63) is 80.8 Å². The summed E-state index contributed by atoms with van der Waals surface area (Å²) in [5, 5.41) is 9.44. The molecular weight excluding hydrogens is 402 g/mol. The number of rotatable bonds is 4. The van der Waals surface area contributed by atoms with Gasteiger partial charge in [0.05, 0.1) is 17.1 Å². The standard InChI is InChI=1S/C23H20ClN3OS/c1-14-19-12-21(22(28)25-18-10-9-15-6-4-7-16(15)11-18)29-23(19)27(26-14)13-17-5-2-3-8-20(17)24/h2-3,5,8-12H,4,6-7,13H2,1H3,(H,25,28). The van der Waals surface area contributed by atoms with E-state index in [1.807, 2.05) is 48.0 Å². The van der Waals surface area contributed by atoms with Gasteiger partial charge in [-0.2, -0.15) is 5.10 Å². The van der Waals surface area contributed by atoms with Gasteiger partial charge in [0.15, 0.2) is 0 Å². The molecule has 0 spiro atoms. The number of fused-ring (bicyclic) bond motifs is 2. The third kappa shape index (κ3) is 3.45. The minimum absolute atomic E-state index is 0.0761. The van der Waals surface area contributed by atoms with Gasteiger partial charge < -0.3 is 5.32 Å². The Labute approximate surface area is 178 Å². The Morgan fingerprint density at radius 1 is 1.17 bits per heavy atom. The fraction of sp³-hybridized carbons (Fsp3) is 0.217. The lowest BCUT2D eigenvalue weighted by Gasteiger charge is -2.07. The predicted molar refractivity (Wildman–Crippen MR) is 119 cm³/mol. The summed E-state index contributed by atoms with van der Waals surface area (Å²) in [4.78, 5) is 14.5.